The quantitative estimate of drug-likeness (QED) is 0.449. The van der Waals surface area contributed by atoms with Crippen molar-refractivity contribution < 1.29 is 9.90 Å². The summed E-state index contributed by atoms with van der Waals surface area (Å²) in [4.78, 5) is 17.0. The van der Waals surface area contributed by atoms with Gasteiger partial charge in [0.05, 0.1) is 11.9 Å². The number of nitrogens with two attached hydrogens (primary N) is 2. The molecule has 2 aromatic rings. The van der Waals surface area contributed by atoms with Crippen LogP contribution in [0, 0.1) is 0 Å². The highest BCUT2D eigenvalue weighted by molar-refractivity contribution is 5.76. The fourth-order valence-electron chi connectivity index (χ4n) is 2.53. The predicted octanol–water partition coefficient (Wildman–Crippen LogP) is 1.64. The standard InChI is InChI=1S/C11H16N4O2.C7H11N3/c1-5(2)6-3-7(9(16)4-8(6)12)10-13-11(17)15-14-10;1-10(2)7-4-3-6(8)5-9-7/h3-5,10,14,16H,12H2,1-2H3,(H2,13,15,17);3-5H,8H2,1-2H3. The van der Waals surface area contributed by atoms with Crippen LogP contribution in [0.15, 0.2) is 30.5 Å². The number of benzene rings is 1. The lowest BCUT2D eigenvalue weighted by molar-refractivity contribution is 0.247. The van der Waals surface area contributed by atoms with Crippen molar-refractivity contribution >= 4 is 23.2 Å². The SMILES string of the molecule is CC(C)c1cc(C2NNC(=O)N2)c(O)cc1N.CN(C)c1ccc(N)cn1. The maximum Gasteiger partial charge on any atom is 0.330 e. The molecule has 1 aromatic carbocycles. The van der Waals surface area contributed by atoms with Crippen molar-refractivity contribution in [2.24, 2.45) is 0 Å². The van der Waals surface area contributed by atoms with Gasteiger partial charge in [0.15, 0.2) is 0 Å². The number of phenols is 1. The number of hydrazine groups is 1. The van der Waals surface area contributed by atoms with Crippen LogP contribution >= 0.6 is 0 Å². The monoisotopic (exact) mass is 373 g/mol. The predicted molar refractivity (Wildman–Crippen MR) is 107 cm³/mol. The largest absolute Gasteiger partial charge is 0.507 e. The molecule has 1 aliphatic rings. The van der Waals surface area contributed by atoms with Crippen LogP contribution in [-0.2, 0) is 0 Å². The van der Waals surface area contributed by atoms with E-state index in [9.17, 15) is 9.90 Å². The summed E-state index contributed by atoms with van der Waals surface area (Å²) in [6, 6.07) is 6.71. The summed E-state index contributed by atoms with van der Waals surface area (Å²) < 4.78 is 0. The minimum Gasteiger partial charge on any atom is -0.507 e. The first-order valence-electron chi connectivity index (χ1n) is 8.52. The summed E-state index contributed by atoms with van der Waals surface area (Å²) in [5.41, 5.74) is 19.2. The minimum atomic E-state index is -0.444. The number of hydrogen-bond acceptors (Lipinski definition) is 7. The number of aromatic nitrogens is 1. The Morgan fingerprint density at radius 1 is 1.22 bits per heavy atom. The number of hydrogen-bond donors (Lipinski definition) is 6. The molecule has 9 nitrogen and oxygen atoms in total. The Kier molecular flexibility index (Phi) is 6.30. The lowest BCUT2D eigenvalue weighted by atomic mass is 9.97. The highest BCUT2D eigenvalue weighted by Gasteiger charge is 2.24. The van der Waals surface area contributed by atoms with Gasteiger partial charge in [0.25, 0.3) is 0 Å². The first-order chi connectivity index (χ1) is 12.7. The molecule has 1 aliphatic heterocycles. The molecule has 1 unspecified atom stereocenters. The highest BCUT2D eigenvalue weighted by atomic mass is 16.3. The van der Waals surface area contributed by atoms with E-state index in [0.717, 1.165) is 11.4 Å². The Labute approximate surface area is 158 Å². The molecule has 1 saturated heterocycles. The summed E-state index contributed by atoms with van der Waals surface area (Å²) in [5.74, 6) is 1.24. The molecule has 0 spiro atoms. The normalized spacial score (nSPS) is 15.6. The van der Waals surface area contributed by atoms with Gasteiger partial charge >= 0.3 is 6.03 Å². The summed E-state index contributed by atoms with van der Waals surface area (Å²) in [6.45, 7) is 4.04. The number of nitrogen functional groups attached to an aromatic ring is 2. The first-order valence-corrected chi connectivity index (χ1v) is 8.52. The van der Waals surface area contributed by atoms with Gasteiger partial charge in [-0.2, -0.15) is 0 Å². The summed E-state index contributed by atoms with van der Waals surface area (Å²) in [5, 5.41) is 12.5. The molecule has 3 rings (SSSR count). The number of urea groups is 1. The maximum absolute atomic E-state index is 11.0. The number of rotatable bonds is 3. The summed E-state index contributed by atoms with van der Waals surface area (Å²) in [7, 11) is 3.89. The third-order valence-electron chi connectivity index (χ3n) is 4.00. The molecule has 1 fully saturated rings. The second-order valence-electron chi connectivity index (χ2n) is 6.71. The van der Waals surface area contributed by atoms with Crippen molar-refractivity contribution in [3.05, 3.63) is 41.6 Å². The molecule has 2 amide bonds. The topological polar surface area (TPSA) is 142 Å². The van der Waals surface area contributed by atoms with Gasteiger partial charge in [-0.1, -0.05) is 13.8 Å². The number of amides is 2. The van der Waals surface area contributed by atoms with Crippen LogP contribution in [0.5, 0.6) is 5.75 Å². The van der Waals surface area contributed by atoms with Gasteiger partial charge in [-0.15, -0.1) is 0 Å². The van der Waals surface area contributed by atoms with Crippen molar-refractivity contribution in [2.45, 2.75) is 25.9 Å². The molecular weight excluding hydrogens is 346 g/mol. The van der Waals surface area contributed by atoms with E-state index >= 15 is 0 Å². The molecule has 2 heterocycles. The third-order valence-corrected chi connectivity index (χ3v) is 4.00. The molecule has 146 valence electrons. The maximum atomic E-state index is 11.0. The second-order valence-corrected chi connectivity index (χ2v) is 6.71. The zero-order valence-electron chi connectivity index (χ0n) is 15.9. The number of carbonyl (C=O) groups is 1. The van der Waals surface area contributed by atoms with Crippen LogP contribution in [0.25, 0.3) is 0 Å². The smallest absolute Gasteiger partial charge is 0.330 e. The number of carbonyl (C=O) groups excluding carboxylic acids is 1. The van der Waals surface area contributed by atoms with Gasteiger partial charge in [0.2, 0.25) is 0 Å². The number of nitrogens with zero attached hydrogens (tertiary/aromatic N) is 2. The summed E-state index contributed by atoms with van der Waals surface area (Å²) >= 11 is 0. The highest BCUT2D eigenvalue weighted by Crippen LogP contribution is 2.32. The number of phenolic OH excluding ortho intramolecular Hbond substituents is 1. The lowest BCUT2D eigenvalue weighted by Gasteiger charge is -2.16. The van der Waals surface area contributed by atoms with Gasteiger partial charge in [0, 0.05) is 31.4 Å². The number of anilines is 3. The fourth-order valence-corrected chi connectivity index (χ4v) is 2.53. The Hall–Kier alpha value is -3.20. The van der Waals surface area contributed by atoms with Crippen molar-refractivity contribution in [3.63, 3.8) is 0 Å². The molecular formula is C18H27N7O2. The zero-order chi connectivity index (χ0) is 20.1. The van der Waals surface area contributed by atoms with Crippen molar-refractivity contribution in [1.82, 2.24) is 21.2 Å². The molecule has 0 radical (unpaired) electrons. The Bertz CT molecular complexity index is 791. The van der Waals surface area contributed by atoms with E-state index in [-0.39, 0.29) is 17.7 Å². The molecule has 1 atom stereocenters. The average molecular weight is 373 g/mol. The molecule has 9 heteroatoms. The van der Waals surface area contributed by atoms with Gasteiger partial charge < -0.3 is 26.8 Å². The van der Waals surface area contributed by atoms with E-state index in [0.29, 0.717) is 16.9 Å². The van der Waals surface area contributed by atoms with Crippen LogP contribution in [0.3, 0.4) is 0 Å². The second kappa shape index (κ2) is 8.45. The minimum absolute atomic E-state index is 0.0633. The number of pyridine rings is 1. The van der Waals surface area contributed by atoms with Crippen LogP contribution in [0.2, 0.25) is 0 Å². The van der Waals surface area contributed by atoms with Crippen LogP contribution in [0.4, 0.5) is 22.0 Å². The number of aromatic hydroxyl groups is 1. The molecule has 0 bridgehead atoms. The lowest BCUT2D eigenvalue weighted by Crippen LogP contribution is -2.26. The molecule has 0 saturated carbocycles. The van der Waals surface area contributed by atoms with Gasteiger partial charge in [0.1, 0.15) is 17.7 Å². The van der Waals surface area contributed by atoms with Gasteiger partial charge in [-0.3, -0.25) is 5.43 Å². The van der Waals surface area contributed by atoms with Crippen molar-refractivity contribution in [2.75, 3.05) is 30.5 Å². The van der Waals surface area contributed by atoms with Gasteiger partial charge in [-0.25, -0.2) is 15.2 Å². The van der Waals surface area contributed by atoms with E-state index in [4.69, 9.17) is 11.5 Å². The molecule has 27 heavy (non-hydrogen) atoms. The average Bonchev–Trinajstić information content (AvgIpc) is 3.01. The van der Waals surface area contributed by atoms with Crippen LogP contribution in [-0.4, -0.2) is 30.2 Å². The van der Waals surface area contributed by atoms with Crippen LogP contribution in [0.1, 0.15) is 37.1 Å². The first kappa shape index (κ1) is 20.1. The van der Waals surface area contributed by atoms with Crippen molar-refractivity contribution in [3.8, 4) is 5.75 Å². The van der Waals surface area contributed by atoms with E-state index in [2.05, 4.69) is 21.2 Å². The van der Waals surface area contributed by atoms with E-state index in [1.54, 1.807) is 12.3 Å². The molecule has 1 aromatic heterocycles. The third kappa shape index (κ3) is 5.14. The molecule has 0 aliphatic carbocycles. The fraction of sp³-hybridized carbons (Fsp3) is 0.333. The van der Waals surface area contributed by atoms with E-state index in [1.807, 2.05) is 45.0 Å². The zero-order valence-corrected chi connectivity index (χ0v) is 15.9. The summed E-state index contributed by atoms with van der Waals surface area (Å²) in [6.07, 6.45) is 1.20. The van der Waals surface area contributed by atoms with Crippen molar-refractivity contribution in [1.29, 1.82) is 0 Å². The Balaban J connectivity index is 0.000000223. The Morgan fingerprint density at radius 3 is 2.41 bits per heavy atom. The Morgan fingerprint density at radius 2 is 1.93 bits per heavy atom. The van der Waals surface area contributed by atoms with Crippen LogP contribution < -0.4 is 32.5 Å². The van der Waals surface area contributed by atoms with E-state index < -0.39 is 6.17 Å². The van der Waals surface area contributed by atoms with E-state index in [1.165, 1.54) is 6.07 Å². The van der Waals surface area contributed by atoms with Gasteiger partial charge in [-0.05, 0) is 29.7 Å². The molecule has 8 N–H and O–H groups in total. The number of nitrogens with one attached hydrogen (secondary N) is 3.